The minimum absolute atomic E-state index is 0.107. The van der Waals surface area contributed by atoms with Gasteiger partial charge in [-0.15, -0.1) is 0 Å². The number of amides is 2. The highest BCUT2D eigenvalue weighted by Crippen LogP contribution is 2.40. The Labute approximate surface area is 216 Å². The van der Waals surface area contributed by atoms with E-state index in [-0.39, 0.29) is 18.0 Å². The van der Waals surface area contributed by atoms with E-state index in [0.717, 1.165) is 16.5 Å². The number of halogens is 2. The zero-order chi connectivity index (χ0) is 28.4. The van der Waals surface area contributed by atoms with Crippen molar-refractivity contribution < 1.29 is 31.9 Å². The second-order valence-corrected chi connectivity index (χ2v) is 8.42. The fourth-order valence-corrected chi connectivity index (χ4v) is 4.24. The number of fused-ring (bicyclic) bond motifs is 2. The van der Waals surface area contributed by atoms with E-state index < -0.39 is 26.1 Å². The van der Waals surface area contributed by atoms with Crippen LogP contribution in [0.4, 0.5) is 30.6 Å². The van der Waals surface area contributed by atoms with Crippen molar-refractivity contribution in [2.75, 3.05) is 37.2 Å². The van der Waals surface area contributed by atoms with Crippen LogP contribution in [-0.4, -0.2) is 49.6 Å². The van der Waals surface area contributed by atoms with Gasteiger partial charge in [0.1, 0.15) is 18.1 Å². The molecular weight excluding hydrogens is 482 g/mol. The Kier molecular flexibility index (Phi) is 5.91. The molecule has 0 atom stereocenters. The number of urea groups is 1. The molecule has 0 N–H and O–H groups in total. The first-order valence-corrected chi connectivity index (χ1v) is 11.5. The summed E-state index contributed by atoms with van der Waals surface area (Å²) in [6.45, 7) is 0.541. The number of benzene rings is 3. The molecule has 0 fully saturated rings. The molecule has 2 heterocycles. The van der Waals surface area contributed by atoms with Gasteiger partial charge in [-0.1, -0.05) is 6.07 Å². The van der Waals surface area contributed by atoms with Crippen molar-refractivity contribution in [3.8, 4) is 11.5 Å². The number of carbonyl (C=O) groups is 1. The Balaban J connectivity index is 1.52. The van der Waals surface area contributed by atoms with Crippen molar-refractivity contribution in [3.05, 3.63) is 72.4 Å². The summed E-state index contributed by atoms with van der Waals surface area (Å²) in [6.07, 6.45) is -0.766. The highest BCUT2D eigenvalue weighted by molar-refractivity contribution is 6.11. The van der Waals surface area contributed by atoms with E-state index in [4.69, 9.17) is 18.3 Å². The molecule has 0 unspecified atom stereocenters. The van der Waals surface area contributed by atoms with E-state index in [9.17, 15) is 13.6 Å². The Bertz CT molecular complexity index is 1510. The lowest BCUT2D eigenvalue weighted by molar-refractivity contribution is 0.0819. The first-order chi connectivity index (χ1) is 19.1. The van der Waals surface area contributed by atoms with E-state index in [0.29, 0.717) is 30.2 Å². The van der Waals surface area contributed by atoms with Crippen molar-refractivity contribution in [1.29, 1.82) is 0 Å². The lowest BCUT2D eigenvalue weighted by Crippen LogP contribution is -2.45. The summed E-state index contributed by atoms with van der Waals surface area (Å²) < 4.78 is 64.6. The van der Waals surface area contributed by atoms with E-state index in [1.165, 1.54) is 17.0 Å². The van der Waals surface area contributed by atoms with Gasteiger partial charge in [-0.3, -0.25) is 14.5 Å². The third-order valence-electron chi connectivity index (χ3n) is 6.01. The molecule has 0 aliphatic carbocycles. The van der Waals surface area contributed by atoms with Crippen molar-refractivity contribution in [2.24, 2.45) is 0 Å². The molecule has 0 saturated heterocycles. The van der Waals surface area contributed by atoms with Crippen LogP contribution in [0.1, 0.15) is 9.68 Å². The number of hydrogen-bond acceptors (Lipinski definition) is 5. The van der Waals surface area contributed by atoms with Gasteiger partial charge in [-0.25, -0.2) is 13.6 Å². The number of ether oxygens (including phenoxy) is 3. The van der Waals surface area contributed by atoms with Crippen molar-refractivity contribution in [3.63, 3.8) is 0 Å². The molecule has 192 valence electrons. The highest BCUT2D eigenvalue weighted by Gasteiger charge is 2.33. The maximum absolute atomic E-state index is 14.0. The van der Waals surface area contributed by atoms with Gasteiger partial charge in [-0.2, -0.15) is 5.10 Å². The van der Waals surface area contributed by atoms with Crippen LogP contribution in [0, 0.1) is 0 Å². The monoisotopic (exact) mass is 511 g/mol. The number of aromatic nitrogens is 2. The van der Waals surface area contributed by atoms with Gasteiger partial charge in [0.05, 0.1) is 47.7 Å². The molecule has 0 radical (unpaired) electrons. The summed E-state index contributed by atoms with van der Waals surface area (Å²) in [5.74, 6) is 0.299. The fourth-order valence-electron chi connectivity index (χ4n) is 4.24. The largest absolute Gasteiger partial charge is 0.497 e. The van der Waals surface area contributed by atoms with Crippen LogP contribution in [-0.2, 0) is 17.8 Å². The van der Waals surface area contributed by atoms with E-state index in [2.05, 4.69) is 5.10 Å². The summed E-state index contributed by atoms with van der Waals surface area (Å²) in [6, 6.07) is 16.0. The van der Waals surface area contributed by atoms with Crippen molar-refractivity contribution in [1.82, 2.24) is 9.78 Å². The van der Waals surface area contributed by atoms with Gasteiger partial charge in [-0.05, 0) is 54.1 Å². The molecule has 4 aromatic rings. The Morgan fingerprint density at radius 1 is 1.05 bits per heavy atom. The summed E-state index contributed by atoms with van der Waals surface area (Å²) in [5, 5.41) is 5.38. The van der Waals surface area contributed by atoms with Crippen molar-refractivity contribution in [2.45, 2.75) is 19.5 Å². The maximum atomic E-state index is 14.0. The second kappa shape index (κ2) is 10.4. The summed E-state index contributed by atoms with van der Waals surface area (Å²) in [4.78, 5) is 17.0. The predicted molar refractivity (Wildman–Crippen MR) is 136 cm³/mol. The van der Waals surface area contributed by atoms with Crippen LogP contribution in [0.3, 0.4) is 0 Å². The number of carbonyl (C=O) groups excluding carboxylic acids is 1. The van der Waals surface area contributed by atoms with Crippen LogP contribution < -0.4 is 19.3 Å². The average molecular weight is 512 g/mol. The Morgan fingerprint density at radius 2 is 1.84 bits per heavy atom. The number of anilines is 3. The molecule has 0 spiro atoms. The number of rotatable bonds is 9. The highest BCUT2D eigenvalue weighted by atomic mass is 19.3. The van der Waals surface area contributed by atoms with Gasteiger partial charge < -0.3 is 14.2 Å². The van der Waals surface area contributed by atoms with Crippen LogP contribution in [0.15, 0.2) is 66.9 Å². The minimum atomic E-state index is -2.65. The zero-order valence-corrected chi connectivity index (χ0v) is 19.9. The van der Waals surface area contributed by atoms with E-state index >= 15 is 0 Å². The molecule has 3 aromatic carbocycles. The number of alkyl halides is 2. The Hall–Kier alpha value is -4.18. The topological polar surface area (TPSA) is 69.1 Å². The fraction of sp³-hybridized carbons (Fsp3) is 0.259. The van der Waals surface area contributed by atoms with Crippen LogP contribution in [0.5, 0.6) is 11.5 Å². The lowest BCUT2D eigenvalue weighted by Gasteiger charge is -2.37. The normalized spacial score (nSPS) is 14.9. The SMILES string of the molecule is [2H]C([2H])([2H])Oc1ccc(N2C(=O)N(c3ccc4nn(CCOC)cc4c3)Cc3ccc(OCC(F)F)cc32)cc1. The summed E-state index contributed by atoms with van der Waals surface area (Å²) in [5.41, 5.74) is 3.05. The third-order valence-corrected chi connectivity index (χ3v) is 6.01. The van der Waals surface area contributed by atoms with Crippen LogP contribution in [0.25, 0.3) is 10.9 Å². The van der Waals surface area contributed by atoms with E-state index in [1.54, 1.807) is 47.0 Å². The molecule has 0 saturated carbocycles. The summed E-state index contributed by atoms with van der Waals surface area (Å²) in [7, 11) is -1.01. The minimum Gasteiger partial charge on any atom is -0.497 e. The second-order valence-electron chi connectivity index (χ2n) is 8.42. The number of hydrogen-bond donors (Lipinski definition) is 0. The van der Waals surface area contributed by atoms with E-state index in [1.807, 2.05) is 24.4 Å². The molecule has 37 heavy (non-hydrogen) atoms. The zero-order valence-electron chi connectivity index (χ0n) is 22.9. The first kappa shape index (κ1) is 21.0. The Morgan fingerprint density at radius 3 is 2.59 bits per heavy atom. The number of nitrogens with zero attached hydrogens (tertiary/aromatic N) is 4. The van der Waals surface area contributed by atoms with Crippen LogP contribution in [0.2, 0.25) is 0 Å². The average Bonchev–Trinajstić information content (AvgIpc) is 3.32. The molecular formula is C27H26F2N4O4. The molecule has 1 aliphatic heterocycles. The maximum Gasteiger partial charge on any atom is 0.333 e. The van der Waals surface area contributed by atoms with Gasteiger partial charge in [0.25, 0.3) is 6.43 Å². The lowest BCUT2D eigenvalue weighted by atomic mass is 10.1. The smallest absolute Gasteiger partial charge is 0.333 e. The molecule has 5 rings (SSSR count). The molecule has 1 aromatic heterocycles. The molecule has 8 nitrogen and oxygen atoms in total. The van der Waals surface area contributed by atoms with Crippen molar-refractivity contribution >= 4 is 34.0 Å². The quantitative estimate of drug-likeness (QED) is 0.292. The summed E-state index contributed by atoms with van der Waals surface area (Å²) >= 11 is 0. The molecule has 10 heteroatoms. The van der Waals surface area contributed by atoms with Crippen LogP contribution >= 0.6 is 0 Å². The molecule has 1 aliphatic rings. The number of methoxy groups -OCH3 is 2. The molecule has 2 amide bonds. The van der Waals surface area contributed by atoms with Gasteiger partial charge in [0.15, 0.2) is 0 Å². The van der Waals surface area contributed by atoms with Gasteiger partial charge >= 0.3 is 6.03 Å². The third kappa shape index (κ3) is 5.05. The molecule has 0 bridgehead atoms. The standard InChI is InChI=1S/C27H26F2N4O4/c1-35-12-11-31-15-19-13-21(6-10-24(19)30-31)32-16-18-3-7-23(37-17-26(28)29)14-25(18)33(27(32)34)20-4-8-22(36-2)9-5-20/h3-10,13-15,26H,11-12,16-17H2,1-2H3/i2D3. The van der Waals surface area contributed by atoms with Gasteiger partial charge in [0.2, 0.25) is 0 Å². The van der Waals surface area contributed by atoms with Gasteiger partial charge in [0, 0.05) is 30.4 Å². The predicted octanol–water partition coefficient (Wildman–Crippen LogP) is 5.61. The first-order valence-electron chi connectivity index (χ1n) is 13.0.